The number of nitrogen functional groups attached to an aromatic ring is 1. The van der Waals surface area contributed by atoms with E-state index in [1.165, 1.54) is 23.1 Å². The molecular formula is C12H16N4O4. The summed E-state index contributed by atoms with van der Waals surface area (Å²) in [6.45, 7) is 0.907. The highest BCUT2D eigenvalue weighted by atomic mass is 16.6. The number of amides is 1. The number of nitrogens with one attached hydrogen (secondary N) is 1. The van der Waals surface area contributed by atoms with Crippen molar-refractivity contribution in [2.24, 2.45) is 11.8 Å². The van der Waals surface area contributed by atoms with Crippen molar-refractivity contribution in [2.45, 2.75) is 6.42 Å². The number of carbonyl (C=O) groups excluding carboxylic acids is 1. The van der Waals surface area contributed by atoms with Crippen LogP contribution in [-0.4, -0.2) is 40.5 Å². The van der Waals surface area contributed by atoms with Crippen LogP contribution in [-0.2, 0) is 0 Å². The van der Waals surface area contributed by atoms with Gasteiger partial charge in [-0.3, -0.25) is 20.8 Å². The van der Waals surface area contributed by atoms with Crippen LogP contribution in [0, 0.1) is 16.0 Å². The number of nitrogens with zero attached hydrogens (tertiary/aromatic N) is 2. The zero-order chi connectivity index (χ0) is 14.7. The SMILES string of the molecule is NNc1ccc([N+](=O)[O-])c(C(=O)N2CCC(CO)C2)c1. The van der Waals surface area contributed by atoms with Crippen LogP contribution in [0.2, 0.25) is 0 Å². The van der Waals surface area contributed by atoms with Crippen LogP contribution < -0.4 is 11.3 Å². The van der Waals surface area contributed by atoms with Crippen molar-refractivity contribution < 1.29 is 14.8 Å². The Morgan fingerprint density at radius 2 is 2.35 bits per heavy atom. The lowest BCUT2D eigenvalue weighted by molar-refractivity contribution is -0.385. The number of anilines is 1. The summed E-state index contributed by atoms with van der Waals surface area (Å²) >= 11 is 0. The maximum absolute atomic E-state index is 12.4. The molecule has 108 valence electrons. The highest BCUT2D eigenvalue weighted by Crippen LogP contribution is 2.26. The van der Waals surface area contributed by atoms with Crippen molar-refractivity contribution in [3.8, 4) is 0 Å². The number of aliphatic hydroxyl groups is 1. The van der Waals surface area contributed by atoms with Gasteiger partial charge in [-0.2, -0.15) is 0 Å². The van der Waals surface area contributed by atoms with Crippen molar-refractivity contribution in [3.05, 3.63) is 33.9 Å². The van der Waals surface area contributed by atoms with Crippen molar-refractivity contribution in [1.29, 1.82) is 0 Å². The van der Waals surface area contributed by atoms with E-state index < -0.39 is 10.8 Å². The summed E-state index contributed by atoms with van der Waals surface area (Å²) in [5.41, 5.74) is 2.55. The Bertz CT molecular complexity index is 534. The van der Waals surface area contributed by atoms with E-state index in [-0.39, 0.29) is 23.8 Å². The van der Waals surface area contributed by atoms with E-state index in [1.54, 1.807) is 0 Å². The normalized spacial score (nSPS) is 18.1. The predicted molar refractivity (Wildman–Crippen MR) is 72.0 cm³/mol. The Morgan fingerprint density at radius 1 is 1.60 bits per heavy atom. The topological polar surface area (TPSA) is 122 Å². The monoisotopic (exact) mass is 280 g/mol. The second kappa shape index (κ2) is 5.85. The Hall–Kier alpha value is -2.19. The fraction of sp³-hybridized carbons (Fsp3) is 0.417. The summed E-state index contributed by atoms with van der Waals surface area (Å²) in [6.07, 6.45) is 0.699. The number of rotatable bonds is 4. The molecular weight excluding hydrogens is 264 g/mol. The highest BCUT2D eigenvalue weighted by molar-refractivity contribution is 5.99. The molecule has 1 unspecified atom stereocenters. The Balaban J connectivity index is 2.30. The minimum atomic E-state index is -0.590. The third-order valence-electron chi connectivity index (χ3n) is 3.42. The Morgan fingerprint density at radius 3 is 2.90 bits per heavy atom. The number of benzene rings is 1. The number of hydrogen-bond acceptors (Lipinski definition) is 6. The van der Waals surface area contributed by atoms with Gasteiger partial charge in [-0.25, -0.2) is 0 Å². The molecule has 1 atom stereocenters. The van der Waals surface area contributed by atoms with E-state index in [9.17, 15) is 14.9 Å². The lowest BCUT2D eigenvalue weighted by Crippen LogP contribution is -2.29. The molecule has 1 heterocycles. The molecule has 1 aliphatic rings. The average Bonchev–Trinajstić information content (AvgIpc) is 2.94. The molecule has 2 rings (SSSR count). The van der Waals surface area contributed by atoms with Gasteiger partial charge in [0, 0.05) is 37.4 Å². The minimum Gasteiger partial charge on any atom is -0.396 e. The Kier molecular flexibility index (Phi) is 4.16. The standard InChI is InChI=1S/C12H16N4O4/c13-14-9-1-2-11(16(19)20)10(5-9)12(18)15-4-3-8(6-15)7-17/h1-2,5,8,14,17H,3-4,6-7,13H2. The summed E-state index contributed by atoms with van der Waals surface area (Å²) in [6, 6.07) is 4.06. The van der Waals surface area contributed by atoms with Crippen LogP contribution in [0.15, 0.2) is 18.2 Å². The van der Waals surface area contributed by atoms with E-state index in [1.807, 2.05) is 0 Å². The van der Waals surface area contributed by atoms with E-state index in [2.05, 4.69) is 5.43 Å². The molecule has 8 nitrogen and oxygen atoms in total. The molecule has 1 aromatic carbocycles. The predicted octanol–water partition coefficient (Wildman–Crippen LogP) is 0.335. The second-order valence-corrected chi connectivity index (χ2v) is 4.72. The molecule has 1 aromatic rings. The van der Waals surface area contributed by atoms with Crippen LogP contribution in [0.5, 0.6) is 0 Å². The van der Waals surface area contributed by atoms with E-state index in [0.29, 0.717) is 25.2 Å². The van der Waals surface area contributed by atoms with Gasteiger partial charge in [-0.1, -0.05) is 0 Å². The second-order valence-electron chi connectivity index (χ2n) is 4.72. The van der Waals surface area contributed by atoms with Gasteiger partial charge >= 0.3 is 0 Å². The molecule has 20 heavy (non-hydrogen) atoms. The summed E-state index contributed by atoms with van der Waals surface area (Å²) in [4.78, 5) is 24.3. The molecule has 0 aliphatic carbocycles. The highest BCUT2D eigenvalue weighted by Gasteiger charge is 2.30. The number of nitrogens with two attached hydrogens (primary N) is 1. The maximum Gasteiger partial charge on any atom is 0.282 e. The van der Waals surface area contributed by atoms with Gasteiger partial charge in [0.25, 0.3) is 11.6 Å². The third-order valence-corrected chi connectivity index (χ3v) is 3.42. The van der Waals surface area contributed by atoms with Crippen LogP contribution in [0.25, 0.3) is 0 Å². The molecule has 0 bridgehead atoms. The minimum absolute atomic E-state index is 0.00374. The van der Waals surface area contributed by atoms with E-state index in [0.717, 1.165) is 0 Å². The summed E-state index contributed by atoms with van der Waals surface area (Å²) < 4.78 is 0. The first-order valence-corrected chi connectivity index (χ1v) is 6.22. The smallest absolute Gasteiger partial charge is 0.282 e. The van der Waals surface area contributed by atoms with Gasteiger partial charge in [0.2, 0.25) is 0 Å². The van der Waals surface area contributed by atoms with Crippen molar-refractivity contribution in [1.82, 2.24) is 4.90 Å². The maximum atomic E-state index is 12.4. The number of hydrogen-bond donors (Lipinski definition) is 3. The molecule has 1 amide bonds. The van der Waals surface area contributed by atoms with Crippen LogP contribution in [0.1, 0.15) is 16.8 Å². The van der Waals surface area contributed by atoms with Gasteiger partial charge in [0.1, 0.15) is 5.56 Å². The molecule has 1 aliphatic heterocycles. The van der Waals surface area contributed by atoms with E-state index in [4.69, 9.17) is 10.9 Å². The number of aliphatic hydroxyl groups excluding tert-OH is 1. The first-order valence-electron chi connectivity index (χ1n) is 6.22. The lowest BCUT2D eigenvalue weighted by atomic mass is 10.1. The average molecular weight is 280 g/mol. The number of hydrazine groups is 1. The van der Waals surface area contributed by atoms with Crippen molar-refractivity contribution in [2.75, 3.05) is 25.1 Å². The molecule has 1 fully saturated rings. The third kappa shape index (κ3) is 2.70. The molecule has 8 heteroatoms. The van der Waals surface area contributed by atoms with Crippen LogP contribution in [0.3, 0.4) is 0 Å². The van der Waals surface area contributed by atoms with Crippen molar-refractivity contribution in [3.63, 3.8) is 0 Å². The van der Waals surface area contributed by atoms with Crippen LogP contribution in [0.4, 0.5) is 11.4 Å². The fourth-order valence-corrected chi connectivity index (χ4v) is 2.29. The first-order chi connectivity index (χ1) is 9.56. The van der Waals surface area contributed by atoms with Crippen LogP contribution >= 0.6 is 0 Å². The van der Waals surface area contributed by atoms with Gasteiger partial charge in [0.05, 0.1) is 4.92 Å². The number of nitro benzene ring substituents is 1. The van der Waals surface area contributed by atoms with Gasteiger partial charge in [0.15, 0.2) is 0 Å². The molecule has 0 spiro atoms. The first kappa shape index (κ1) is 14.2. The zero-order valence-corrected chi connectivity index (χ0v) is 10.8. The summed E-state index contributed by atoms with van der Waals surface area (Å²) in [5, 5.41) is 20.1. The summed E-state index contributed by atoms with van der Waals surface area (Å²) in [5.74, 6) is 4.89. The molecule has 0 radical (unpaired) electrons. The van der Waals surface area contributed by atoms with E-state index >= 15 is 0 Å². The number of nitro groups is 1. The molecule has 0 aromatic heterocycles. The Labute approximate surface area is 115 Å². The van der Waals surface area contributed by atoms with Crippen molar-refractivity contribution >= 4 is 17.3 Å². The fourth-order valence-electron chi connectivity index (χ4n) is 2.29. The van der Waals surface area contributed by atoms with Gasteiger partial charge in [-0.05, 0) is 18.6 Å². The summed E-state index contributed by atoms with van der Waals surface area (Å²) in [7, 11) is 0. The lowest BCUT2D eigenvalue weighted by Gasteiger charge is -2.16. The largest absolute Gasteiger partial charge is 0.396 e. The molecule has 0 saturated carbocycles. The number of carbonyl (C=O) groups is 1. The zero-order valence-electron chi connectivity index (χ0n) is 10.8. The molecule has 4 N–H and O–H groups in total. The quantitative estimate of drug-likeness (QED) is 0.415. The van der Waals surface area contributed by atoms with Gasteiger partial charge in [-0.15, -0.1) is 0 Å². The molecule has 1 saturated heterocycles. The number of likely N-dealkylation sites (tertiary alicyclic amines) is 1. The van der Waals surface area contributed by atoms with Gasteiger partial charge < -0.3 is 15.4 Å².